The number of halogens is 1. The van der Waals surface area contributed by atoms with Crippen LogP contribution in [-0.2, 0) is 24.1 Å². The Labute approximate surface area is 116 Å². The molecule has 0 aliphatic heterocycles. The van der Waals surface area contributed by atoms with Gasteiger partial charge in [0.05, 0.1) is 11.6 Å². The van der Waals surface area contributed by atoms with Crippen LogP contribution >= 0.6 is 0 Å². The van der Waals surface area contributed by atoms with Crippen LogP contribution in [0.4, 0.5) is 4.39 Å². The summed E-state index contributed by atoms with van der Waals surface area (Å²) in [6, 6.07) is 9.12. The lowest BCUT2D eigenvalue weighted by Crippen LogP contribution is -2.34. The summed E-state index contributed by atoms with van der Waals surface area (Å²) in [5, 5.41) is 9.65. The number of nitrogens with zero attached hydrogens (tertiary/aromatic N) is 1. The predicted octanol–water partition coefficient (Wildman–Crippen LogP) is 2.63. The largest absolute Gasteiger partial charge is 0.481 e. The van der Waals surface area contributed by atoms with Crippen LogP contribution in [0.2, 0.25) is 0 Å². The summed E-state index contributed by atoms with van der Waals surface area (Å²) >= 11 is 0. The molecule has 0 unspecified atom stereocenters. The number of aromatic nitrogens is 1. The molecule has 102 valence electrons. The maximum atomic E-state index is 13.2. The summed E-state index contributed by atoms with van der Waals surface area (Å²) < 4.78 is 13.2. The highest BCUT2D eigenvalue weighted by atomic mass is 19.1. The van der Waals surface area contributed by atoms with Crippen LogP contribution in [0.5, 0.6) is 0 Å². The zero-order chi connectivity index (χ0) is 14.2. The van der Waals surface area contributed by atoms with Crippen LogP contribution in [-0.4, -0.2) is 16.1 Å². The van der Waals surface area contributed by atoms with Gasteiger partial charge in [-0.15, -0.1) is 0 Å². The van der Waals surface area contributed by atoms with Crippen LogP contribution in [0, 0.1) is 11.2 Å². The van der Waals surface area contributed by atoms with Crippen LogP contribution in [0.25, 0.3) is 0 Å². The molecule has 0 bridgehead atoms. The van der Waals surface area contributed by atoms with E-state index in [9.17, 15) is 14.3 Å². The second-order valence-electron chi connectivity index (χ2n) is 5.40. The van der Waals surface area contributed by atoms with Gasteiger partial charge in [0.2, 0.25) is 0 Å². The van der Waals surface area contributed by atoms with Gasteiger partial charge < -0.3 is 5.11 Å². The van der Waals surface area contributed by atoms with Gasteiger partial charge >= 0.3 is 5.97 Å². The monoisotopic (exact) mass is 271 g/mol. The Morgan fingerprint density at radius 1 is 1.25 bits per heavy atom. The van der Waals surface area contributed by atoms with Gasteiger partial charge in [0.15, 0.2) is 0 Å². The highest BCUT2D eigenvalue weighted by Crippen LogP contribution is 2.39. The van der Waals surface area contributed by atoms with E-state index in [0.717, 1.165) is 17.3 Å². The molecule has 0 saturated heterocycles. The summed E-state index contributed by atoms with van der Waals surface area (Å²) in [4.78, 5) is 15.6. The molecule has 0 radical (unpaired) electrons. The van der Waals surface area contributed by atoms with Crippen molar-refractivity contribution in [2.45, 2.75) is 19.3 Å². The van der Waals surface area contributed by atoms with E-state index in [1.54, 1.807) is 0 Å². The van der Waals surface area contributed by atoms with E-state index in [2.05, 4.69) is 4.98 Å². The van der Waals surface area contributed by atoms with Gasteiger partial charge in [0.25, 0.3) is 0 Å². The van der Waals surface area contributed by atoms with Crippen LogP contribution < -0.4 is 0 Å². The summed E-state index contributed by atoms with van der Waals surface area (Å²) in [6.07, 6.45) is 3.92. The summed E-state index contributed by atoms with van der Waals surface area (Å²) in [5.41, 5.74) is 1.87. The minimum absolute atomic E-state index is 0.293. The lowest BCUT2D eigenvalue weighted by atomic mass is 9.79. The number of rotatable bonds is 3. The molecule has 0 atom stereocenters. The molecule has 3 nitrogen and oxygen atoms in total. The molecule has 1 aromatic heterocycles. The molecule has 0 spiro atoms. The molecule has 0 fully saturated rings. The van der Waals surface area contributed by atoms with E-state index in [-0.39, 0.29) is 0 Å². The molecule has 20 heavy (non-hydrogen) atoms. The molecular weight excluding hydrogens is 257 g/mol. The van der Waals surface area contributed by atoms with Crippen molar-refractivity contribution < 1.29 is 14.3 Å². The molecule has 1 heterocycles. The van der Waals surface area contributed by atoms with E-state index < -0.39 is 17.2 Å². The van der Waals surface area contributed by atoms with Gasteiger partial charge in [-0.2, -0.15) is 0 Å². The average Bonchev–Trinajstić information content (AvgIpc) is 2.78. The molecule has 1 N–H and O–H groups in total. The van der Waals surface area contributed by atoms with Crippen molar-refractivity contribution in [2.24, 2.45) is 5.41 Å². The van der Waals surface area contributed by atoms with Gasteiger partial charge in [-0.25, -0.2) is 4.39 Å². The Balaban J connectivity index is 1.94. The van der Waals surface area contributed by atoms with Gasteiger partial charge in [-0.3, -0.25) is 9.78 Å². The number of aliphatic carboxylic acids is 1. The highest BCUT2D eigenvalue weighted by molar-refractivity contribution is 5.77. The molecule has 0 saturated carbocycles. The molecule has 1 aromatic carbocycles. The zero-order valence-corrected chi connectivity index (χ0v) is 10.8. The molecule has 1 aliphatic rings. The van der Waals surface area contributed by atoms with Gasteiger partial charge in [-0.05, 0) is 42.0 Å². The fourth-order valence-electron chi connectivity index (χ4n) is 2.99. The maximum absolute atomic E-state index is 13.2. The quantitative estimate of drug-likeness (QED) is 0.933. The van der Waals surface area contributed by atoms with Crippen molar-refractivity contribution in [1.82, 2.24) is 4.98 Å². The minimum atomic E-state index is -0.890. The Kier molecular flexibility index (Phi) is 3.01. The first-order valence-corrected chi connectivity index (χ1v) is 6.49. The molecule has 1 aliphatic carbocycles. The first-order valence-electron chi connectivity index (χ1n) is 6.49. The predicted molar refractivity (Wildman–Crippen MR) is 71.8 cm³/mol. The fraction of sp³-hybridized carbons (Fsp3) is 0.250. The van der Waals surface area contributed by atoms with E-state index in [1.165, 1.54) is 12.3 Å². The van der Waals surface area contributed by atoms with Crippen LogP contribution in [0.3, 0.4) is 0 Å². The third kappa shape index (κ3) is 2.18. The third-order valence-electron chi connectivity index (χ3n) is 3.93. The van der Waals surface area contributed by atoms with Crippen molar-refractivity contribution in [3.63, 3.8) is 0 Å². The number of fused-ring (bicyclic) bond motifs is 1. The number of hydrogen-bond donors (Lipinski definition) is 1. The number of carboxylic acids is 1. The average molecular weight is 271 g/mol. The lowest BCUT2D eigenvalue weighted by Gasteiger charge is -2.23. The summed E-state index contributed by atoms with van der Waals surface area (Å²) in [7, 11) is 0. The Bertz CT molecular complexity index is 644. The maximum Gasteiger partial charge on any atom is 0.310 e. The van der Waals surface area contributed by atoms with Crippen molar-refractivity contribution in [3.05, 3.63) is 65.2 Å². The number of carboxylic acid groups (broad SMARTS) is 1. The minimum Gasteiger partial charge on any atom is -0.481 e. The molecule has 4 heteroatoms. The van der Waals surface area contributed by atoms with Crippen LogP contribution in [0.1, 0.15) is 16.7 Å². The lowest BCUT2D eigenvalue weighted by molar-refractivity contribution is -0.148. The standard InChI is InChI=1S/C16H14FNO2/c17-14-5-11(9-18-10-14)6-16(15(19)20)7-12-3-1-2-4-13(12)8-16/h1-5,9-10H,6-8H2,(H,19,20). The highest BCUT2D eigenvalue weighted by Gasteiger charge is 2.43. The van der Waals surface area contributed by atoms with E-state index in [1.807, 2.05) is 24.3 Å². The Hall–Kier alpha value is -2.23. The summed E-state index contributed by atoms with van der Waals surface area (Å²) in [5.74, 6) is -1.27. The zero-order valence-electron chi connectivity index (χ0n) is 10.8. The molecular formula is C16H14FNO2. The Morgan fingerprint density at radius 2 is 1.90 bits per heavy atom. The topological polar surface area (TPSA) is 50.2 Å². The van der Waals surface area contributed by atoms with Crippen molar-refractivity contribution in [2.75, 3.05) is 0 Å². The van der Waals surface area contributed by atoms with Gasteiger partial charge in [-0.1, -0.05) is 24.3 Å². The number of benzene rings is 1. The first-order chi connectivity index (χ1) is 9.59. The summed E-state index contributed by atoms with van der Waals surface area (Å²) in [6.45, 7) is 0. The van der Waals surface area contributed by atoms with Gasteiger partial charge in [0, 0.05) is 6.20 Å². The van der Waals surface area contributed by atoms with Crippen molar-refractivity contribution in [3.8, 4) is 0 Å². The normalized spacial score (nSPS) is 15.8. The number of pyridine rings is 1. The molecule has 0 amide bonds. The number of hydrogen-bond acceptors (Lipinski definition) is 2. The van der Waals surface area contributed by atoms with Crippen LogP contribution in [0.15, 0.2) is 42.7 Å². The van der Waals surface area contributed by atoms with Crippen molar-refractivity contribution in [1.29, 1.82) is 0 Å². The van der Waals surface area contributed by atoms with E-state index in [4.69, 9.17) is 0 Å². The second-order valence-corrected chi connectivity index (χ2v) is 5.40. The first kappa shape index (κ1) is 12.8. The fourth-order valence-corrected chi connectivity index (χ4v) is 2.99. The second kappa shape index (κ2) is 4.71. The Morgan fingerprint density at radius 3 is 2.45 bits per heavy atom. The van der Waals surface area contributed by atoms with Gasteiger partial charge in [0.1, 0.15) is 5.82 Å². The number of carbonyl (C=O) groups is 1. The SMILES string of the molecule is O=C(O)C1(Cc2cncc(F)c2)Cc2ccccc2C1. The smallest absolute Gasteiger partial charge is 0.310 e. The van der Waals surface area contributed by atoms with E-state index >= 15 is 0 Å². The third-order valence-corrected chi connectivity index (χ3v) is 3.93. The molecule has 3 rings (SSSR count). The molecule has 2 aromatic rings. The van der Waals surface area contributed by atoms with Crippen molar-refractivity contribution >= 4 is 5.97 Å². The van der Waals surface area contributed by atoms with E-state index in [0.29, 0.717) is 24.8 Å².